The van der Waals surface area contributed by atoms with Crippen molar-refractivity contribution in [3.63, 3.8) is 0 Å². The second-order valence-corrected chi connectivity index (χ2v) is 5.17. The number of carbonyl (C=O) groups is 3. The van der Waals surface area contributed by atoms with Crippen LogP contribution in [0.5, 0.6) is 5.75 Å². The third-order valence-corrected chi connectivity index (χ3v) is 3.31. The Morgan fingerprint density at radius 1 is 1.00 bits per heavy atom. The summed E-state index contributed by atoms with van der Waals surface area (Å²) in [5.74, 6) is -2.23. The number of methoxy groups -OCH3 is 1. The van der Waals surface area contributed by atoms with Gasteiger partial charge in [-0.3, -0.25) is 25.2 Å². The Morgan fingerprint density at radius 3 is 2.35 bits per heavy atom. The lowest BCUT2D eigenvalue weighted by Crippen LogP contribution is -2.43. The topological polar surface area (TPSA) is 93.7 Å². The SMILES string of the molecule is COc1ccc(CC(=O)OCC(=O)NNC(=O)c2ccccc2F)cc1. The van der Waals surface area contributed by atoms with Gasteiger partial charge in [0.05, 0.1) is 19.1 Å². The van der Waals surface area contributed by atoms with Crippen molar-refractivity contribution in [3.8, 4) is 5.75 Å². The molecule has 0 saturated carbocycles. The molecule has 2 amide bonds. The number of carbonyl (C=O) groups excluding carboxylic acids is 3. The second kappa shape index (κ2) is 9.16. The van der Waals surface area contributed by atoms with Gasteiger partial charge in [-0.25, -0.2) is 4.39 Å². The van der Waals surface area contributed by atoms with Crippen LogP contribution in [-0.4, -0.2) is 31.5 Å². The molecule has 0 heterocycles. The second-order valence-electron chi connectivity index (χ2n) is 5.17. The van der Waals surface area contributed by atoms with E-state index in [9.17, 15) is 18.8 Å². The summed E-state index contributed by atoms with van der Waals surface area (Å²) in [5.41, 5.74) is 4.57. The molecule has 0 aromatic heterocycles. The Kier molecular flexibility index (Phi) is 6.67. The first-order chi connectivity index (χ1) is 12.5. The van der Waals surface area contributed by atoms with Gasteiger partial charge in [0.25, 0.3) is 11.8 Å². The molecule has 26 heavy (non-hydrogen) atoms. The lowest BCUT2D eigenvalue weighted by atomic mass is 10.1. The monoisotopic (exact) mass is 360 g/mol. The molecule has 0 radical (unpaired) electrons. The number of halogens is 1. The predicted molar refractivity (Wildman–Crippen MR) is 89.7 cm³/mol. The van der Waals surface area contributed by atoms with Crippen LogP contribution in [0.1, 0.15) is 15.9 Å². The third kappa shape index (κ3) is 5.59. The number of ether oxygens (including phenoxy) is 2. The van der Waals surface area contributed by atoms with Gasteiger partial charge in [-0.1, -0.05) is 24.3 Å². The number of esters is 1. The average Bonchev–Trinajstić information content (AvgIpc) is 2.65. The Morgan fingerprint density at radius 2 is 1.69 bits per heavy atom. The molecule has 2 N–H and O–H groups in total. The van der Waals surface area contributed by atoms with Crippen LogP contribution in [0.4, 0.5) is 4.39 Å². The highest BCUT2D eigenvalue weighted by Crippen LogP contribution is 2.12. The first kappa shape index (κ1) is 18.9. The molecule has 0 atom stereocenters. The zero-order valence-corrected chi connectivity index (χ0v) is 14.0. The number of benzene rings is 2. The molecule has 136 valence electrons. The molecule has 0 aliphatic heterocycles. The summed E-state index contributed by atoms with van der Waals surface area (Å²) in [4.78, 5) is 35.0. The van der Waals surface area contributed by atoms with E-state index in [0.29, 0.717) is 11.3 Å². The van der Waals surface area contributed by atoms with Crippen molar-refractivity contribution in [2.24, 2.45) is 0 Å². The molecule has 0 saturated heterocycles. The van der Waals surface area contributed by atoms with Crippen molar-refractivity contribution in [1.29, 1.82) is 0 Å². The maximum atomic E-state index is 13.4. The van der Waals surface area contributed by atoms with E-state index in [4.69, 9.17) is 9.47 Å². The van der Waals surface area contributed by atoms with Gasteiger partial charge < -0.3 is 9.47 Å². The molecule has 0 bridgehead atoms. The highest BCUT2D eigenvalue weighted by atomic mass is 19.1. The average molecular weight is 360 g/mol. The van der Waals surface area contributed by atoms with Crippen molar-refractivity contribution in [1.82, 2.24) is 10.9 Å². The van der Waals surface area contributed by atoms with Gasteiger partial charge in [0.1, 0.15) is 11.6 Å². The lowest BCUT2D eigenvalue weighted by Gasteiger charge is -2.09. The lowest BCUT2D eigenvalue weighted by molar-refractivity contribution is -0.148. The van der Waals surface area contributed by atoms with Crippen molar-refractivity contribution in [2.75, 3.05) is 13.7 Å². The smallest absolute Gasteiger partial charge is 0.310 e. The van der Waals surface area contributed by atoms with E-state index >= 15 is 0 Å². The quantitative estimate of drug-likeness (QED) is 0.600. The normalized spacial score (nSPS) is 9.92. The van der Waals surface area contributed by atoms with Gasteiger partial charge in [0.15, 0.2) is 6.61 Å². The minimum absolute atomic E-state index is 0.0150. The number of hydrazine groups is 1. The van der Waals surface area contributed by atoms with Crippen molar-refractivity contribution >= 4 is 17.8 Å². The van der Waals surface area contributed by atoms with Crippen LogP contribution < -0.4 is 15.6 Å². The highest BCUT2D eigenvalue weighted by Gasteiger charge is 2.13. The van der Waals surface area contributed by atoms with Gasteiger partial charge in [0, 0.05) is 0 Å². The number of hydrogen-bond acceptors (Lipinski definition) is 5. The largest absolute Gasteiger partial charge is 0.497 e. The number of amides is 2. The molecule has 7 nitrogen and oxygen atoms in total. The van der Waals surface area contributed by atoms with Crippen molar-refractivity contribution in [2.45, 2.75) is 6.42 Å². The van der Waals surface area contributed by atoms with Crippen molar-refractivity contribution < 1.29 is 28.2 Å². The Labute approximate surface area is 149 Å². The van der Waals surface area contributed by atoms with Gasteiger partial charge >= 0.3 is 5.97 Å². The van der Waals surface area contributed by atoms with Crippen LogP contribution in [0.25, 0.3) is 0 Å². The third-order valence-electron chi connectivity index (χ3n) is 3.31. The maximum absolute atomic E-state index is 13.4. The molecule has 2 rings (SSSR count). The van der Waals surface area contributed by atoms with E-state index in [2.05, 4.69) is 0 Å². The number of nitrogens with one attached hydrogen (secondary N) is 2. The Balaban J connectivity index is 1.73. The van der Waals surface area contributed by atoms with E-state index in [1.807, 2.05) is 10.9 Å². The van der Waals surface area contributed by atoms with E-state index in [-0.39, 0.29) is 12.0 Å². The Bertz CT molecular complexity index is 792. The summed E-state index contributed by atoms with van der Waals surface area (Å²) < 4.78 is 23.3. The summed E-state index contributed by atoms with van der Waals surface area (Å²) in [6.07, 6.45) is -0.0150. The fourth-order valence-corrected chi connectivity index (χ4v) is 1.98. The number of hydrogen-bond donors (Lipinski definition) is 2. The fourth-order valence-electron chi connectivity index (χ4n) is 1.98. The summed E-state index contributed by atoms with van der Waals surface area (Å²) in [5, 5.41) is 0. The van der Waals surface area contributed by atoms with Crippen LogP contribution >= 0.6 is 0 Å². The summed E-state index contributed by atoms with van der Waals surface area (Å²) >= 11 is 0. The van der Waals surface area contributed by atoms with Gasteiger partial charge in [0.2, 0.25) is 0 Å². The fraction of sp³-hybridized carbons (Fsp3) is 0.167. The van der Waals surface area contributed by atoms with Gasteiger partial charge in [-0.2, -0.15) is 0 Å². The van der Waals surface area contributed by atoms with E-state index in [1.54, 1.807) is 24.3 Å². The summed E-state index contributed by atoms with van der Waals surface area (Å²) in [6.45, 7) is -0.577. The first-order valence-corrected chi connectivity index (χ1v) is 7.62. The zero-order valence-electron chi connectivity index (χ0n) is 14.0. The predicted octanol–water partition coefficient (Wildman–Crippen LogP) is 1.38. The molecular formula is C18H17FN2O5. The van der Waals surface area contributed by atoms with Crippen LogP contribution in [0.15, 0.2) is 48.5 Å². The Hall–Kier alpha value is -3.42. The molecule has 0 aliphatic rings. The van der Waals surface area contributed by atoms with E-state index < -0.39 is 30.2 Å². The molecule has 0 fully saturated rings. The molecule has 8 heteroatoms. The summed E-state index contributed by atoms with van der Waals surface area (Å²) in [6, 6.07) is 12.1. The standard InChI is InChI=1S/C18H17FN2O5/c1-25-13-8-6-12(7-9-13)10-17(23)26-11-16(22)20-21-18(24)14-4-2-3-5-15(14)19/h2-9H,10-11H2,1H3,(H,20,22)(H,21,24). The molecule has 2 aromatic carbocycles. The first-order valence-electron chi connectivity index (χ1n) is 7.62. The highest BCUT2D eigenvalue weighted by molar-refractivity contribution is 5.95. The van der Waals surface area contributed by atoms with Gasteiger partial charge in [-0.15, -0.1) is 0 Å². The number of rotatable bonds is 6. The minimum atomic E-state index is -0.819. The molecule has 0 spiro atoms. The molecular weight excluding hydrogens is 343 g/mol. The van der Waals surface area contributed by atoms with Crippen molar-refractivity contribution in [3.05, 3.63) is 65.5 Å². The van der Waals surface area contributed by atoms with Crippen LogP contribution in [-0.2, 0) is 20.7 Å². The van der Waals surface area contributed by atoms with Gasteiger partial charge in [-0.05, 0) is 29.8 Å². The molecule has 2 aromatic rings. The molecule has 0 aliphatic carbocycles. The van der Waals surface area contributed by atoms with E-state index in [0.717, 1.165) is 6.07 Å². The maximum Gasteiger partial charge on any atom is 0.310 e. The molecule has 0 unspecified atom stereocenters. The summed E-state index contributed by atoms with van der Waals surface area (Å²) in [7, 11) is 1.53. The van der Waals surface area contributed by atoms with Crippen LogP contribution in [0, 0.1) is 5.82 Å². The minimum Gasteiger partial charge on any atom is -0.497 e. The van der Waals surface area contributed by atoms with Crippen LogP contribution in [0.3, 0.4) is 0 Å². The van der Waals surface area contributed by atoms with E-state index in [1.165, 1.54) is 25.3 Å². The van der Waals surface area contributed by atoms with Crippen LogP contribution in [0.2, 0.25) is 0 Å². The zero-order chi connectivity index (χ0) is 18.9.